The van der Waals surface area contributed by atoms with Gasteiger partial charge in [-0.15, -0.1) is 5.10 Å². The van der Waals surface area contributed by atoms with Crippen molar-refractivity contribution >= 4 is 21.7 Å². The summed E-state index contributed by atoms with van der Waals surface area (Å²) in [6, 6.07) is 4.38. The number of sulfonamides is 1. The molecule has 5 rings (SSSR count). The van der Waals surface area contributed by atoms with Crippen LogP contribution in [0.25, 0.3) is 5.82 Å². The molecule has 0 bridgehead atoms. The van der Waals surface area contributed by atoms with E-state index in [1.807, 2.05) is 18.7 Å². The molecule has 3 aromatic rings. The monoisotopic (exact) mass is 581 g/mol. The van der Waals surface area contributed by atoms with E-state index in [0.29, 0.717) is 6.54 Å². The van der Waals surface area contributed by atoms with Gasteiger partial charge in [0.1, 0.15) is 22.7 Å². The number of aromatic nitrogens is 5. The zero-order valence-electron chi connectivity index (χ0n) is 22.5. The van der Waals surface area contributed by atoms with E-state index in [1.54, 1.807) is 7.05 Å². The maximum Gasteiger partial charge on any atom is 0.397 e. The molecule has 1 amide bonds. The lowest BCUT2D eigenvalue weighted by Gasteiger charge is -2.34. The number of amides is 1. The molecule has 1 aliphatic carbocycles. The lowest BCUT2D eigenvalue weighted by molar-refractivity contribution is -0.194. The van der Waals surface area contributed by atoms with Gasteiger partial charge in [0, 0.05) is 37.6 Å². The molecule has 0 aromatic carbocycles. The Labute approximate surface area is 229 Å². The molecule has 0 radical (unpaired) electrons. The van der Waals surface area contributed by atoms with Gasteiger partial charge in [0.05, 0.1) is 11.3 Å². The minimum atomic E-state index is -4.34. The summed E-state index contributed by atoms with van der Waals surface area (Å²) in [5.74, 6) is -0.291. The van der Waals surface area contributed by atoms with Gasteiger partial charge in [-0.3, -0.25) is 9.48 Å². The number of ether oxygens (including phenoxy) is 1. The highest BCUT2D eigenvalue weighted by Gasteiger charge is 2.64. The summed E-state index contributed by atoms with van der Waals surface area (Å²) < 4.78 is 75.9. The molecule has 4 heterocycles. The highest BCUT2D eigenvalue weighted by molar-refractivity contribution is 7.90. The highest BCUT2D eigenvalue weighted by atomic mass is 32.2. The largest absolute Gasteiger partial charge is 0.476 e. The molecule has 0 unspecified atom stereocenters. The van der Waals surface area contributed by atoms with Gasteiger partial charge in [-0.2, -0.15) is 18.3 Å². The zero-order chi connectivity index (χ0) is 29.1. The highest BCUT2D eigenvalue weighted by Crippen LogP contribution is 2.57. The second-order valence-electron chi connectivity index (χ2n) is 11.0. The first-order chi connectivity index (χ1) is 18.6. The summed E-state index contributed by atoms with van der Waals surface area (Å²) >= 11 is 0. The average molecular weight is 582 g/mol. The van der Waals surface area contributed by atoms with Crippen LogP contribution < -0.4 is 14.4 Å². The van der Waals surface area contributed by atoms with Gasteiger partial charge in [0.25, 0.3) is 15.9 Å². The van der Waals surface area contributed by atoms with Crippen molar-refractivity contribution in [3.63, 3.8) is 0 Å². The first-order valence-electron chi connectivity index (χ1n) is 12.7. The van der Waals surface area contributed by atoms with Crippen LogP contribution in [0.15, 0.2) is 35.5 Å². The van der Waals surface area contributed by atoms with Crippen LogP contribution in [0.3, 0.4) is 0 Å². The molecule has 2 aliphatic rings. The molecule has 3 aromatic heterocycles. The van der Waals surface area contributed by atoms with Crippen molar-refractivity contribution in [1.29, 1.82) is 0 Å². The molecule has 11 nitrogen and oxygen atoms in total. The topological polar surface area (TPSA) is 124 Å². The molecule has 0 atom stereocenters. The van der Waals surface area contributed by atoms with Crippen molar-refractivity contribution in [1.82, 2.24) is 29.3 Å². The van der Waals surface area contributed by atoms with E-state index in [-0.39, 0.29) is 52.0 Å². The van der Waals surface area contributed by atoms with Crippen LogP contribution in [0, 0.1) is 12.3 Å². The van der Waals surface area contributed by atoms with Crippen molar-refractivity contribution in [2.75, 3.05) is 18.1 Å². The fourth-order valence-corrected chi connectivity index (χ4v) is 6.09. The first-order valence-corrected chi connectivity index (χ1v) is 14.2. The van der Waals surface area contributed by atoms with Crippen molar-refractivity contribution in [3.8, 4) is 11.7 Å². The number of nitrogens with zero attached hydrogens (tertiary/aromatic N) is 6. The SMILES string of the molecule is Cc1nn(C)cc1S(=O)(=O)NC(=O)c1ccc(-n2ccc(OCC3(C(F)(F)F)CC3)n2)nc1N1CCCC1(C)C. The summed E-state index contributed by atoms with van der Waals surface area (Å²) in [5, 5.41) is 8.26. The molecule has 216 valence electrons. The van der Waals surface area contributed by atoms with Gasteiger partial charge in [-0.05, 0) is 58.6 Å². The zero-order valence-corrected chi connectivity index (χ0v) is 23.3. The molecular formula is C25H30F3N7O4S. The fourth-order valence-electron chi connectivity index (χ4n) is 4.91. The predicted molar refractivity (Wildman–Crippen MR) is 138 cm³/mol. The van der Waals surface area contributed by atoms with Gasteiger partial charge < -0.3 is 9.64 Å². The van der Waals surface area contributed by atoms with Gasteiger partial charge in [0.2, 0.25) is 5.88 Å². The molecular weight excluding hydrogens is 551 g/mol. The Kier molecular flexibility index (Phi) is 6.63. The number of halogens is 3. The number of carbonyl (C=O) groups excluding carboxylic acids is 1. The molecule has 1 N–H and O–H groups in total. The Hall–Kier alpha value is -3.62. The second kappa shape index (κ2) is 9.49. The first kappa shape index (κ1) is 27.9. The number of rotatable bonds is 8. The number of anilines is 1. The number of nitrogens with one attached hydrogen (secondary N) is 1. The van der Waals surface area contributed by atoms with E-state index in [9.17, 15) is 26.4 Å². The Morgan fingerprint density at radius 1 is 1.15 bits per heavy atom. The smallest absolute Gasteiger partial charge is 0.397 e. The summed E-state index contributed by atoms with van der Waals surface area (Å²) in [4.78, 5) is 19.8. The van der Waals surface area contributed by atoms with Crippen LogP contribution in [0.2, 0.25) is 0 Å². The van der Waals surface area contributed by atoms with Crippen molar-refractivity contribution in [3.05, 3.63) is 41.9 Å². The number of alkyl halides is 3. The Morgan fingerprint density at radius 3 is 2.45 bits per heavy atom. The third-order valence-electron chi connectivity index (χ3n) is 7.50. The minimum absolute atomic E-state index is 0.0140. The summed E-state index contributed by atoms with van der Waals surface area (Å²) in [5.41, 5.74) is -1.90. The van der Waals surface area contributed by atoms with E-state index in [0.717, 1.165) is 12.8 Å². The van der Waals surface area contributed by atoms with Gasteiger partial charge in [0.15, 0.2) is 5.82 Å². The molecule has 1 saturated heterocycles. The van der Waals surface area contributed by atoms with Gasteiger partial charge >= 0.3 is 6.18 Å². The van der Waals surface area contributed by atoms with Crippen LogP contribution in [0.5, 0.6) is 5.88 Å². The third-order valence-corrected chi connectivity index (χ3v) is 8.93. The maximum absolute atomic E-state index is 13.3. The number of aryl methyl sites for hydroxylation is 2. The van der Waals surface area contributed by atoms with E-state index >= 15 is 0 Å². The summed E-state index contributed by atoms with van der Waals surface area (Å²) in [7, 11) is -2.63. The quantitative estimate of drug-likeness (QED) is 0.429. The number of carbonyl (C=O) groups is 1. The third kappa shape index (κ3) is 5.13. The van der Waals surface area contributed by atoms with Crippen LogP contribution in [-0.4, -0.2) is 63.7 Å². The fraction of sp³-hybridized carbons (Fsp3) is 0.520. The Balaban J connectivity index is 1.44. The Bertz CT molecular complexity index is 1560. The van der Waals surface area contributed by atoms with Crippen molar-refractivity contribution in [2.24, 2.45) is 12.5 Å². The van der Waals surface area contributed by atoms with Gasteiger partial charge in [-0.25, -0.2) is 22.8 Å². The summed E-state index contributed by atoms with van der Waals surface area (Å²) in [6.45, 7) is 5.60. The molecule has 40 heavy (non-hydrogen) atoms. The van der Waals surface area contributed by atoms with E-state index in [1.165, 1.54) is 46.9 Å². The number of hydrogen-bond donors (Lipinski definition) is 1. The van der Waals surface area contributed by atoms with Gasteiger partial charge in [-0.1, -0.05) is 0 Å². The minimum Gasteiger partial charge on any atom is -0.476 e. The van der Waals surface area contributed by atoms with Crippen LogP contribution >= 0.6 is 0 Å². The van der Waals surface area contributed by atoms with Crippen LogP contribution in [0.4, 0.5) is 19.0 Å². The predicted octanol–water partition coefficient (Wildman–Crippen LogP) is 3.53. The Morgan fingerprint density at radius 2 is 1.88 bits per heavy atom. The summed E-state index contributed by atoms with van der Waals surface area (Å²) in [6.07, 6.45) is 0.184. The normalized spacial score (nSPS) is 18.1. The molecule has 2 fully saturated rings. The maximum atomic E-state index is 13.3. The van der Waals surface area contributed by atoms with E-state index in [4.69, 9.17) is 4.74 Å². The van der Waals surface area contributed by atoms with E-state index in [2.05, 4.69) is 19.9 Å². The molecule has 1 aliphatic heterocycles. The lowest BCUT2D eigenvalue weighted by atomic mass is 10.0. The van der Waals surface area contributed by atoms with Crippen LogP contribution in [-0.2, 0) is 17.1 Å². The average Bonchev–Trinajstić information content (AvgIpc) is 3.17. The van der Waals surface area contributed by atoms with E-state index < -0.39 is 34.1 Å². The number of hydrogen-bond acceptors (Lipinski definition) is 8. The van der Waals surface area contributed by atoms with Crippen molar-refractivity contribution in [2.45, 2.75) is 63.1 Å². The molecule has 0 spiro atoms. The molecule has 1 saturated carbocycles. The van der Waals surface area contributed by atoms with Crippen LogP contribution in [0.1, 0.15) is 55.6 Å². The standard InChI is InChI=1S/C25H30F3N7O4S/c1-16-18(14-33(4)30-16)40(37,38)32-22(36)17-6-7-19(29-21(17)34-12-5-9-23(34,2)3)35-13-8-20(31-35)39-15-24(10-11-24)25(26,27)28/h6-8,13-14H,5,9-12,15H2,1-4H3,(H,32,36). The number of pyridine rings is 1. The lowest BCUT2D eigenvalue weighted by Crippen LogP contribution is -2.41. The second-order valence-corrected chi connectivity index (χ2v) is 12.6. The van der Waals surface area contributed by atoms with Crippen molar-refractivity contribution < 1.29 is 31.1 Å². The molecule has 15 heteroatoms.